The quantitative estimate of drug-likeness (QED) is 0.831. The minimum absolute atomic E-state index is 0.0415. The predicted octanol–water partition coefficient (Wildman–Crippen LogP) is 2.42. The van der Waals surface area contributed by atoms with E-state index in [4.69, 9.17) is 5.73 Å². The van der Waals surface area contributed by atoms with Gasteiger partial charge in [0.05, 0.1) is 6.54 Å². The van der Waals surface area contributed by atoms with Crippen LogP contribution < -0.4 is 11.1 Å². The lowest BCUT2D eigenvalue weighted by molar-refractivity contribution is -0.122. The van der Waals surface area contributed by atoms with Gasteiger partial charge in [-0.05, 0) is 55.5 Å². The summed E-state index contributed by atoms with van der Waals surface area (Å²) in [5.74, 6) is -0.132. The highest BCUT2D eigenvalue weighted by atomic mass is 19.1. The van der Waals surface area contributed by atoms with E-state index in [1.165, 1.54) is 12.1 Å². The van der Waals surface area contributed by atoms with Gasteiger partial charge >= 0.3 is 0 Å². The third kappa shape index (κ3) is 4.21. The van der Waals surface area contributed by atoms with E-state index in [0.717, 1.165) is 50.8 Å². The van der Waals surface area contributed by atoms with Gasteiger partial charge in [0, 0.05) is 18.5 Å². The second-order valence-corrected chi connectivity index (χ2v) is 8.25. The van der Waals surface area contributed by atoms with E-state index in [0.29, 0.717) is 19.6 Å². The Labute approximate surface area is 150 Å². The maximum absolute atomic E-state index is 13.2. The Hall–Kier alpha value is -1.46. The van der Waals surface area contributed by atoms with Crippen LogP contribution in [0.3, 0.4) is 0 Å². The summed E-state index contributed by atoms with van der Waals surface area (Å²) in [6.45, 7) is 5.75. The second kappa shape index (κ2) is 7.42. The molecule has 138 valence electrons. The van der Waals surface area contributed by atoms with Crippen LogP contribution in [-0.4, -0.2) is 43.5 Å². The zero-order valence-corrected chi connectivity index (χ0v) is 15.2. The van der Waals surface area contributed by atoms with Crippen molar-refractivity contribution in [2.24, 2.45) is 11.1 Å². The van der Waals surface area contributed by atoms with Gasteiger partial charge in [0.2, 0.25) is 5.91 Å². The maximum Gasteiger partial charge on any atom is 0.234 e. The first kappa shape index (κ1) is 18.3. The zero-order valence-electron chi connectivity index (χ0n) is 15.2. The summed E-state index contributed by atoms with van der Waals surface area (Å²) in [7, 11) is 0. The molecule has 1 unspecified atom stereocenters. The van der Waals surface area contributed by atoms with Crippen LogP contribution in [0.2, 0.25) is 0 Å². The highest BCUT2D eigenvalue weighted by Crippen LogP contribution is 2.40. The molecule has 2 aliphatic rings. The summed E-state index contributed by atoms with van der Waals surface area (Å²) in [6.07, 6.45) is 5.47. The van der Waals surface area contributed by atoms with E-state index in [1.54, 1.807) is 0 Å². The molecule has 0 radical (unpaired) electrons. The molecule has 1 heterocycles. The number of benzene rings is 1. The first-order valence-corrected chi connectivity index (χ1v) is 9.40. The van der Waals surface area contributed by atoms with Gasteiger partial charge in [0.25, 0.3) is 0 Å². The van der Waals surface area contributed by atoms with Crippen molar-refractivity contribution in [1.29, 1.82) is 0 Å². The van der Waals surface area contributed by atoms with Crippen molar-refractivity contribution in [1.82, 2.24) is 10.2 Å². The molecule has 0 bridgehead atoms. The van der Waals surface area contributed by atoms with Crippen LogP contribution in [0.25, 0.3) is 0 Å². The molecular formula is C20H30FN3O. The number of hydrogen-bond acceptors (Lipinski definition) is 3. The molecule has 1 atom stereocenters. The van der Waals surface area contributed by atoms with E-state index >= 15 is 0 Å². The molecule has 1 saturated heterocycles. The maximum atomic E-state index is 13.2. The SMILES string of the molecule is CC1(CN)CCN(CC(=O)NCC2(c3ccc(F)cc3)CCCC2)C1. The molecule has 3 rings (SSSR count). The van der Waals surface area contributed by atoms with Crippen LogP contribution in [0.4, 0.5) is 4.39 Å². The number of rotatable bonds is 6. The van der Waals surface area contributed by atoms with Gasteiger partial charge in [0.1, 0.15) is 5.82 Å². The van der Waals surface area contributed by atoms with Crippen LogP contribution >= 0.6 is 0 Å². The highest BCUT2D eigenvalue weighted by Gasteiger charge is 2.37. The van der Waals surface area contributed by atoms with Crippen molar-refractivity contribution in [3.63, 3.8) is 0 Å². The van der Waals surface area contributed by atoms with E-state index in [2.05, 4.69) is 17.1 Å². The highest BCUT2D eigenvalue weighted by molar-refractivity contribution is 5.78. The number of amides is 1. The van der Waals surface area contributed by atoms with E-state index in [1.807, 2.05) is 12.1 Å². The first-order chi connectivity index (χ1) is 11.9. The summed E-state index contributed by atoms with van der Waals surface area (Å²) in [6, 6.07) is 6.80. The number of nitrogens with one attached hydrogen (secondary N) is 1. The van der Waals surface area contributed by atoms with Crippen LogP contribution in [0.15, 0.2) is 24.3 Å². The predicted molar refractivity (Wildman–Crippen MR) is 97.8 cm³/mol. The molecule has 1 saturated carbocycles. The van der Waals surface area contributed by atoms with Gasteiger partial charge in [-0.15, -0.1) is 0 Å². The van der Waals surface area contributed by atoms with Gasteiger partial charge in [0.15, 0.2) is 0 Å². The number of nitrogens with zero attached hydrogens (tertiary/aromatic N) is 1. The summed E-state index contributed by atoms with van der Waals surface area (Å²) in [4.78, 5) is 14.6. The topological polar surface area (TPSA) is 58.4 Å². The fraction of sp³-hybridized carbons (Fsp3) is 0.650. The lowest BCUT2D eigenvalue weighted by atomic mass is 9.79. The molecule has 5 heteroatoms. The molecular weight excluding hydrogens is 317 g/mol. The Kier molecular flexibility index (Phi) is 5.44. The monoisotopic (exact) mass is 347 g/mol. The first-order valence-electron chi connectivity index (χ1n) is 9.40. The number of halogens is 1. The normalized spacial score (nSPS) is 26.0. The molecule has 0 spiro atoms. The summed E-state index contributed by atoms with van der Waals surface area (Å²) < 4.78 is 13.2. The Morgan fingerprint density at radius 3 is 2.52 bits per heavy atom. The number of hydrogen-bond donors (Lipinski definition) is 2. The van der Waals surface area contributed by atoms with Crippen molar-refractivity contribution in [2.75, 3.05) is 32.7 Å². The van der Waals surface area contributed by atoms with Crippen molar-refractivity contribution in [2.45, 2.75) is 44.4 Å². The van der Waals surface area contributed by atoms with E-state index in [9.17, 15) is 9.18 Å². The Bertz CT molecular complexity index is 597. The van der Waals surface area contributed by atoms with E-state index < -0.39 is 0 Å². The minimum atomic E-state index is -0.210. The third-order valence-corrected chi connectivity index (χ3v) is 6.14. The molecule has 1 aliphatic heterocycles. The number of carbonyl (C=O) groups excluding carboxylic acids is 1. The number of carbonyl (C=O) groups is 1. The largest absolute Gasteiger partial charge is 0.354 e. The lowest BCUT2D eigenvalue weighted by Crippen LogP contribution is -2.43. The number of nitrogens with two attached hydrogens (primary N) is 1. The molecule has 3 N–H and O–H groups in total. The van der Waals surface area contributed by atoms with Crippen molar-refractivity contribution >= 4 is 5.91 Å². The van der Waals surface area contributed by atoms with Crippen LogP contribution in [0, 0.1) is 11.2 Å². The smallest absolute Gasteiger partial charge is 0.234 e. The van der Waals surface area contributed by atoms with Crippen molar-refractivity contribution < 1.29 is 9.18 Å². The fourth-order valence-corrected chi connectivity index (χ4v) is 4.38. The van der Waals surface area contributed by atoms with Crippen molar-refractivity contribution in [3.8, 4) is 0 Å². The van der Waals surface area contributed by atoms with Gasteiger partial charge in [-0.25, -0.2) is 4.39 Å². The summed E-state index contributed by atoms with van der Waals surface area (Å²) in [5.41, 5.74) is 7.08. The van der Waals surface area contributed by atoms with Crippen molar-refractivity contribution in [3.05, 3.63) is 35.6 Å². The van der Waals surface area contributed by atoms with Crippen LogP contribution in [0.1, 0.15) is 44.6 Å². The van der Waals surface area contributed by atoms with Gasteiger partial charge in [-0.2, -0.15) is 0 Å². The third-order valence-electron chi connectivity index (χ3n) is 6.14. The molecule has 1 amide bonds. The Morgan fingerprint density at radius 1 is 1.24 bits per heavy atom. The molecule has 0 aromatic heterocycles. The van der Waals surface area contributed by atoms with Gasteiger partial charge in [-0.1, -0.05) is 31.9 Å². The average molecular weight is 347 g/mol. The summed E-state index contributed by atoms with van der Waals surface area (Å²) in [5, 5.41) is 3.15. The van der Waals surface area contributed by atoms with E-state index in [-0.39, 0.29) is 22.6 Å². The number of likely N-dealkylation sites (tertiary alicyclic amines) is 1. The standard InChI is InChI=1S/C20H30FN3O/c1-19(13-22)10-11-24(15-19)12-18(25)23-14-20(8-2-3-9-20)16-4-6-17(21)7-5-16/h4-7H,2-3,8-15,22H2,1H3,(H,23,25). The second-order valence-electron chi connectivity index (χ2n) is 8.25. The van der Waals surface area contributed by atoms with Gasteiger partial charge in [-0.3, -0.25) is 9.69 Å². The average Bonchev–Trinajstić information content (AvgIpc) is 3.22. The Morgan fingerprint density at radius 2 is 1.92 bits per heavy atom. The molecule has 4 nitrogen and oxygen atoms in total. The fourth-order valence-electron chi connectivity index (χ4n) is 4.38. The van der Waals surface area contributed by atoms with Crippen LogP contribution in [-0.2, 0) is 10.2 Å². The zero-order chi connectivity index (χ0) is 17.9. The lowest BCUT2D eigenvalue weighted by Gasteiger charge is -2.30. The minimum Gasteiger partial charge on any atom is -0.354 e. The summed E-state index contributed by atoms with van der Waals surface area (Å²) >= 11 is 0. The van der Waals surface area contributed by atoms with Crippen LogP contribution in [0.5, 0.6) is 0 Å². The molecule has 1 aromatic rings. The van der Waals surface area contributed by atoms with Gasteiger partial charge < -0.3 is 11.1 Å². The Balaban J connectivity index is 1.57. The molecule has 1 aromatic carbocycles. The molecule has 1 aliphatic carbocycles. The molecule has 2 fully saturated rings. The molecule has 25 heavy (non-hydrogen) atoms.